The van der Waals surface area contributed by atoms with Crippen LogP contribution in [0.2, 0.25) is 0 Å². The Morgan fingerprint density at radius 1 is 1.44 bits per heavy atom. The number of carbonyl (C=O) groups is 1. The molecular formula is C12H16FNO3S. The molecule has 0 unspecified atom stereocenters. The molecule has 100 valence electrons. The van der Waals surface area contributed by atoms with Gasteiger partial charge in [0, 0.05) is 5.92 Å². The molecule has 0 aromatic heterocycles. The van der Waals surface area contributed by atoms with Crippen LogP contribution in [0.3, 0.4) is 0 Å². The van der Waals surface area contributed by atoms with Crippen LogP contribution in [0.25, 0.3) is 0 Å². The molecule has 0 radical (unpaired) electrons. The zero-order valence-electron chi connectivity index (χ0n) is 10.3. The van der Waals surface area contributed by atoms with Crippen LogP contribution in [0, 0.1) is 11.7 Å². The first-order valence-electron chi connectivity index (χ1n) is 5.54. The molecule has 18 heavy (non-hydrogen) atoms. The summed E-state index contributed by atoms with van der Waals surface area (Å²) in [6.07, 6.45) is 1.92. The molecule has 0 heterocycles. The molecular weight excluding hydrogens is 257 g/mol. The fourth-order valence-corrected chi connectivity index (χ4v) is 2.06. The van der Waals surface area contributed by atoms with Crippen LogP contribution < -0.4 is 4.72 Å². The SMILES string of the molecule is C[C@@H](CCc1cccc(F)c1)C(=O)NS(C)(=O)=O. The topological polar surface area (TPSA) is 63.2 Å². The van der Waals surface area contributed by atoms with Gasteiger partial charge in [0.2, 0.25) is 15.9 Å². The van der Waals surface area contributed by atoms with E-state index in [-0.39, 0.29) is 5.82 Å². The van der Waals surface area contributed by atoms with Gasteiger partial charge in [-0.15, -0.1) is 0 Å². The first kappa shape index (κ1) is 14.6. The summed E-state index contributed by atoms with van der Waals surface area (Å²) in [5.74, 6) is -1.29. The number of carbonyl (C=O) groups excluding carboxylic acids is 1. The van der Waals surface area contributed by atoms with Crippen LogP contribution in [0.4, 0.5) is 4.39 Å². The Kier molecular flexibility index (Phi) is 4.84. The molecule has 0 aliphatic heterocycles. The van der Waals surface area contributed by atoms with Crippen molar-refractivity contribution in [3.05, 3.63) is 35.6 Å². The third kappa shape index (κ3) is 5.27. The fraction of sp³-hybridized carbons (Fsp3) is 0.417. The van der Waals surface area contributed by atoms with Crippen LogP contribution >= 0.6 is 0 Å². The molecule has 0 bridgehead atoms. The van der Waals surface area contributed by atoms with Gasteiger partial charge in [0.05, 0.1) is 6.26 Å². The Morgan fingerprint density at radius 3 is 2.67 bits per heavy atom. The number of halogens is 1. The van der Waals surface area contributed by atoms with Gasteiger partial charge in [-0.2, -0.15) is 0 Å². The van der Waals surface area contributed by atoms with Crippen molar-refractivity contribution < 1.29 is 17.6 Å². The van der Waals surface area contributed by atoms with E-state index in [0.29, 0.717) is 12.8 Å². The number of aryl methyl sites for hydroxylation is 1. The Balaban J connectivity index is 2.51. The number of sulfonamides is 1. The Hall–Kier alpha value is -1.43. The second-order valence-corrected chi connectivity index (χ2v) is 6.06. The molecule has 1 rings (SSSR count). The highest BCUT2D eigenvalue weighted by molar-refractivity contribution is 7.89. The van der Waals surface area contributed by atoms with Gasteiger partial charge < -0.3 is 0 Å². The van der Waals surface area contributed by atoms with Crippen molar-refractivity contribution in [1.82, 2.24) is 4.72 Å². The number of hydrogen-bond acceptors (Lipinski definition) is 3. The molecule has 1 atom stereocenters. The van der Waals surface area contributed by atoms with Crippen LogP contribution in [0.15, 0.2) is 24.3 Å². The average molecular weight is 273 g/mol. The van der Waals surface area contributed by atoms with Crippen LogP contribution in [-0.4, -0.2) is 20.6 Å². The van der Waals surface area contributed by atoms with E-state index < -0.39 is 21.8 Å². The maximum atomic E-state index is 12.9. The van der Waals surface area contributed by atoms with Crippen molar-refractivity contribution in [2.45, 2.75) is 19.8 Å². The summed E-state index contributed by atoms with van der Waals surface area (Å²) in [5.41, 5.74) is 0.786. The van der Waals surface area contributed by atoms with Gasteiger partial charge in [-0.1, -0.05) is 19.1 Å². The molecule has 1 aromatic rings. The zero-order valence-corrected chi connectivity index (χ0v) is 11.1. The van der Waals surface area contributed by atoms with Gasteiger partial charge >= 0.3 is 0 Å². The minimum Gasteiger partial charge on any atom is -0.274 e. The summed E-state index contributed by atoms with van der Waals surface area (Å²) in [4.78, 5) is 11.5. The molecule has 1 N–H and O–H groups in total. The molecule has 4 nitrogen and oxygen atoms in total. The standard InChI is InChI=1S/C12H16FNO3S/c1-9(12(15)14-18(2,16)17)6-7-10-4-3-5-11(13)8-10/h3-5,8-9H,6-7H2,1-2H3,(H,14,15)/t9-/m0/s1. The molecule has 0 spiro atoms. The first-order chi connectivity index (χ1) is 8.28. The van der Waals surface area contributed by atoms with Crippen LogP contribution in [0.5, 0.6) is 0 Å². The third-order valence-electron chi connectivity index (χ3n) is 2.49. The number of rotatable bonds is 5. The van der Waals surface area contributed by atoms with Crippen molar-refractivity contribution in [2.24, 2.45) is 5.92 Å². The lowest BCUT2D eigenvalue weighted by atomic mass is 10.0. The molecule has 1 amide bonds. The molecule has 0 aliphatic rings. The Labute approximate surface area is 106 Å². The lowest BCUT2D eigenvalue weighted by Crippen LogP contribution is -2.33. The monoisotopic (exact) mass is 273 g/mol. The predicted molar refractivity (Wildman–Crippen MR) is 66.9 cm³/mol. The van der Waals surface area contributed by atoms with Gasteiger partial charge in [0.15, 0.2) is 0 Å². The molecule has 0 saturated carbocycles. The number of hydrogen-bond donors (Lipinski definition) is 1. The van der Waals surface area contributed by atoms with E-state index in [1.165, 1.54) is 12.1 Å². The third-order valence-corrected chi connectivity index (χ3v) is 3.06. The van der Waals surface area contributed by atoms with Crippen molar-refractivity contribution in [1.29, 1.82) is 0 Å². The smallest absolute Gasteiger partial charge is 0.236 e. The van der Waals surface area contributed by atoms with E-state index in [2.05, 4.69) is 0 Å². The minimum absolute atomic E-state index is 0.319. The summed E-state index contributed by atoms with van der Waals surface area (Å²) in [6, 6.07) is 6.13. The maximum absolute atomic E-state index is 12.9. The van der Waals surface area contributed by atoms with Crippen LogP contribution in [-0.2, 0) is 21.2 Å². The second-order valence-electron chi connectivity index (χ2n) is 4.31. The second kappa shape index (κ2) is 5.95. The van der Waals surface area contributed by atoms with Crippen LogP contribution in [0.1, 0.15) is 18.9 Å². The molecule has 0 saturated heterocycles. The highest BCUT2D eigenvalue weighted by atomic mass is 32.2. The summed E-state index contributed by atoms with van der Waals surface area (Å²) in [6.45, 7) is 1.64. The molecule has 0 aliphatic carbocycles. The Morgan fingerprint density at radius 2 is 2.11 bits per heavy atom. The van der Waals surface area contributed by atoms with E-state index in [1.807, 2.05) is 4.72 Å². The quantitative estimate of drug-likeness (QED) is 0.883. The van der Waals surface area contributed by atoms with Crippen molar-refractivity contribution in [2.75, 3.05) is 6.26 Å². The number of amides is 1. The van der Waals surface area contributed by atoms with Gasteiger partial charge in [0.1, 0.15) is 5.82 Å². The van der Waals surface area contributed by atoms with Gasteiger partial charge in [-0.25, -0.2) is 12.8 Å². The fourth-order valence-electron chi connectivity index (χ4n) is 1.49. The molecule has 0 fully saturated rings. The van der Waals surface area contributed by atoms with Crippen molar-refractivity contribution in [3.63, 3.8) is 0 Å². The highest BCUT2D eigenvalue weighted by Gasteiger charge is 2.16. The van der Waals surface area contributed by atoms with E-state index in [0.717, 1.165) is 11.8 Å². The van der Waals surface area contributed by atoms with E-state index in [1.54, 1.807) is 19.1 Å². The average Bonchev–Trinajstić information content (AvgIpc) is 2.23. The molecule has 6 heteroatoms. The van der Waals surface area contributed by atoms with Gasteiger partial charge in [-0.05, 0) is 30.5 Å². The Bertz CT molecular complexity index is 528. The lowest BCUT2D eigenvalue weighted by Gasteiger charge is -2.10. The zero-order chi connectivity index (χ0) is 13.8. The lowest BCUT2D eigenvalue weighted by molar-refractivity contribution is -0.122. The highest BCUT2D eigenvalue weighted by Crippen LogP contribution is 2.11. The van der Waals surface area contributed by atoms with Crippen molar-refractivity contribution in [3.8, 4) is 0 Å². The largest absolute Gasteiger partial charge is 0.274 e. The number of nitrogens with one attached hydrogen (secondary N) is 1. The van der Waals surface area contributed by atoms with Gasteiger partial charge in [0.25, 0.3) is 0 Å². The first-order valence-corrected chi connectivity index (χ1v) is 7.43. The summed E-state index contributed by atoms with van der Waals surface area (Å²) < 4.78 is 36.6. The van der Waals surface area contributed by atoms with E-state index in [4.69, 9.17) is 0 Å². The van der Waals surface area contributed by atoms with Crippen molar-refractivity contribution >= 4 is 15.9 Å². The van der Waals surface area contributed by atoms with Gasteiger partial charge in [-0.3, -0.25) is 9.52 Å². The summed E-state index contributed by atoms with van der Waals surface area (Å²) in [7, 11) is -3.52. The number of benzene rings is 1. The summed E-state index contributed by atoms with van der Waals surface area (Å²) in [5, 5.41) is 0. The maximum Gasteiger partial charge on any atom is 0.236 e. The predicted octanol–water partition coefficient (Wildman–Crippen LogP) is 1.47. The van der Waals surface area contributed by atoms with E-state index in [9.17, 15) is 17.6 Å². The van der Waals surface area contributed by atoms with E-state index >= 15 is 0 Å². The normalized spacial score (nSPS) is 13.1. The summed E-state index contributed by atoms with van der Waals surface area (Å²) >= 11 is 0. The minimum atomic E-state index is -3.52. The molecule has 1 aromatic carbocycles.